The summed E-state index contributed by atoms with van der Waals surface area (Å²) in [6, 6.07) is 7.65. The van der Waals surface area contributed by atoms with Crippen LogP contribution in [0.25, 0.3) is 20.8 Å². The van der Waals surface area contributed by atoms with Gasteiger partial charge in [0.1, 0.15) is 17.4 Å². The van der Waals surface area contributed by atoms with Gasteiger partial charge in [0.05, 0.1) is 17.3 Å². The highest BCUT2D eigenvalue weighted by Gasteiger charge is 2.09. The minimum absolute atomic E-state index is 0.0922. The van der Waals surface area contributed by atoms with Crippen molar-refractivity contribution in [1.29, 1.82) is 0 Å². The standard InChI is InChI=1S/C15H13N3O3S/c1-20-11-2-3-13-12(5-11)18-14(22-13)10-4-9(6-17-7-10)8-21-15(16)19/h2-7H,8H2,1H3,(H2,16,19). The molecular weight excluding hydrogens is 302 g/mol. The Morgan fingerprint density at radius 3 is 2.95 bits per heavy atom. The number of nitrogens with zero attached hydrogens (tertiary/aromatic N) is 2. The van der Waals surface area contributed by atoms with Crippen molar-refractivity contribution in [2.24, 2.45) is 5.73 Å². The Balaban J connectivity index is 1.93. The number of hydrogen-bond acceptors (Lipinski definition) is 6. The number of aromatic nitrogens is 2. The van der Waals surface area contributed by atoms with Crippen LogP contribution in [0.15, 0.2) is 36.7 Å². The number of hydrogen-bond donors (Lipinski definition) is 1. The highest BCUT2D eigenvalue weighted by molar-refractivity contribution is 7.21. The largest absolute Gasteiger partial charge is 0.497 e. The summed E-state index contributed by atoms with van der Waals surface area (Å²) >= 11 is 1.56. The average Bonchev–Trinajstić information content (AvgIpc) is 2.96. The first kappa shape index (κ1) is 14.3. The fraction of sp³-hybridized carbons (Fsp3) is 0.133. The summed E-state index contributed by atoms with van der Waals surface area (Å²) in [6.45, 7) is 0.0922. The maximum Gasteiger partial charge on any atom is 0.404 e. The van der Waals surface area contributed by atoms with Crippen molar-refractivity contribution in [3.8, 4) is 16.3 Å². The summed E-state index contributed by atoms with van der Waals surface area (Å²) < 4.78 is 11.0. The van der Waals surface area contributed by atoms with Gasteiger partial charge in [0.25, 0.3) is 0 Å². The molecule has 1 amide bonds. The molecule has 2 aromatic heterocycles. The molecule has 3 aromatic rings. The van der Waals surface area contributed by atoms with Crippen LogP contribution in [0.1, 0.15) is 5.56 Å². The van der Waals surface area contributed by atoms with Crippen LogP contribution in [0.3, 0.4) is 0 Å². The molecule has 3 rings (SSSR count). The normalized spacial score (nSPS) is 10.6. The predicted octanol–water partition coefficient (Wildman–Crippen LogP) is 2.96. The fourth-order valence-corrected chi connectivity index (χ4v) is 2.92. The SMILES string of the molecule is COc1ccc2sc(-c3cncc(COC(N)=O)c3)nc2c1. The smallest absolute Gasteiger partial charge is 0.404 e. The van der Waals surface area contributed by atoms with E-state index in [-0.39, 0.29) is 6.61 Å². The monoisotopic (exact) mass is 315 g/mol. The molecule has 0 saturated heterocycles. The Morgan fingerprint density at radius 2 is 2.18 bits per heavy atom. The van der Waals surface area contributed by atoms with Crippen LogP contribution in [0.2, 0.25) is 0 Å². The highest BCUT2D eigenvalue weighted by Crippen LogP contribution is 2.32. The third-order valence-electron chi connectivity index (χ3n) is 3.02. The molecule has 0 fully saturated rings. The minimum atomic E-state index is -0.808. The van der Waals surface area contributed by atoms with Crippen LogP contribution >= 0.6 is 11.3 Å². The molecule has 6 nitrogen and oxygen atoms in total. The molecule has 2 N–H and O–H groups in total. The lowest BCUT2D eigenvalue weighted by Gasteiger charge is -2.02. The van der Waals surface area contributed by atoms with Gasteiger partial charge >= 0.3 is 6.09 Å². The van der Waals surface area contributed by atoms with Crippen LogP contribution in [-0.2, 0) is 11.3 Å². The summed E-state index contributed by atoms with van der Waals surface area (Å²) in [6.07, 6.45) is 2.54. The summed E-state index contributed by atoms with van der Waals surface area (Å²) in [5.74, 6) is 0.770. The number of amides is 1. The number of ether oxygens (including phenoxy) is 2. The van der Waals surface area contributed by atoms with Crippen molar-refractivity contribution >= 4 is 27.6 Å². The third-order valence-corrected chi connectivity index (χ3v) is 4.10. The molecule has 112 valence electrons. The average molecular weight is 315 g/mol. The molecule has 0 saturated carbocycles. The summed E-state index contributed by atoms with van der Waals surface area (Å²) in [5.41, 5.74) is 7.46. The predicted molar refractivity (Wildman–Crippen MR) is 83.8 cm³/mol. The van der Waals surface area contributed by atoms with E-state index < -0.39 is 6.09 Å². The first-order chi connectivity index (χ1) is 10.7. The number of rotatable bonds is 4. The number of nitrogens with two attached hydrogens (primary N) is 1. The second-order valence-electron chi connectivity index (χ2n) is 4.54. The van der Waals surface area contributed by atoms with Gasteiger partial charge < -0.3 is 15.2 Å². The van der Waals surface area contributed by atoms with E-state index in [1.54, 1.807) is 30.8 Å². The number of primary amides is 1. The highest BCUT2D eigenvalue weighted by atomic mass is 32.1. The van der Waals surface area contributed by atoms with Crippen LogP contribution < -0.4 is 10.5 Å². The maximum atomic E-state index is 10.7. The second-order valence-corrected chi connectivity index (χ2v) is 5.57. The van der Waals surface area contributed by atoms with Crippen molar-refractivity contribution < 1.29 is 14.3 Å². The molecular formula is C15H13N3O3S. The van der Waals surface area contributed by atoms with Crippen molar-refractivity contribution in [2.75, 3.05) is 7.11 Å². The lowest BCUT2D eigenvalue weighted by molar-refractivity contribution is 0.150. The van der Waals surface area contributed by atoms with Gasteiger partial charge in [-0.2, -0.15) is 0 Å². The summed E-state index contributed by atoms with van der Waals surface area (Å²) in [7, 11) is 1.63. The number of carbonyl (C=O) groups excluding carboxylic acids is 1. The quantitative estimate of drug-likeness (QED) is 0.799. The molecule has 0 bridgehead atoms. The van der Waals surface area contributed by atoms with E-state index in [1.165, 1.54) is 0 Å². The van der Waals surface area contributed by atoms with Crippen LogP contribution in [0.4, 0.5) is 4.79 Å². The molecule has 1 aromatic carbocycles. The number of fused-ring (bicyclic) bond motifs is 1. The van der Waals surface area contributed by atoms with E-state index in [9.17, 15) is 4.79 Å². The molecule has 7 heteroatoms. The first-order valence-corrected chi connectivity index (χ1v) is 7.28. The zero-order chi connectivity index (χ0) is 15.5. The lowest BCUT2D eigenvalue weighted by Crippen LogP contribution is -2.12. The molecule has 0 aliphatic rings. The molecule has 0 atom stereocenters. The molecule has 0 aliphatic carbocycles. The number of thiazole rings is 1. The van der Waals surface area contributed by atoms with E-state index in [4.69, 9.17) is 15.2 Å². The lowest BCUT2D eigenvalue weighted by atomic mass is 10.2. The van der Waals surface area contributed by atoms with Crippen molar-refractivity contribution in [3.63, 3.8) is 0 Å². The summed E-state index contributed by atoms with van der Waals surface area (Å²) in [5, 5.41) is 0.844. The van der Waals surface area contributed by atoms with Crippen molar-refractivity contribution in [3.05, 3.63) is 42.2 Å². The number of methoxy groups -OCH3 is 1. The molecule has 0 aliphatic heterocycles. The van der Waals surface area contributed by atoms with E-state index in [0.717, 1.165) is 32.1 Å². The molecule has 0 spiro atoms. The van der Waals surface area contributed by atoms with E-state index in [0.29, 0.717) is 0 Å². The van der Waals surface area contributed by atoms with Crippen molar-refractivity contribution in [1.82, 2.24) is 9.97 Å². The molecule has 22 heavy (non-hydrogen) atoms. The zero-order valence-electron chi connectivity index (χ0n) is 11.8. The molecule has 0 unspecified atom stereocenters. The van der Waals surface area contributed by atoms with Gasteiger partial charge in [-0.05, 0) is 18.2 Å². The topological polar surface area (TPSA) is 87.3 Å². The van der Waals surface area contributed by atoms with Gasteiger partial charge in [0, 0.05) is 29.6 Å². The first-order valence-electron chi connectivity index (χ1n) is 6.47. The minimum Gasteiger partial charge on any atom is -0.497 e. The van der Waals surface area contributed by atoms with E-state index >= 15 is 0 Å². The second kappa shape index (κ2) is 5.98. The van der Waals surface area contributed by atoms with E-state index in [1.807, 2.05) is 24.3 Å². The van der Waals surface area contributed by atoms with Crippen LogP contribution in [0, 0.1) is 0 Å². The van der Waals surface area contributed by atoms with Gasteiger partial charge in [-0.15, -0.1) is 11.3 Å². The fourth-order valence-electron chi connectivity index (χ4n) is 2.00. The number of benzene rings is 1. The Labute approximate surface area is 130 Å². The van der Waals surface area contributed by atoms with Gasteiger partial charge in [-0.1, -0.05) is 0 Å². The molecule has 2 heterocycles. The Bertz CT molecular complexity index is 832. The maximum absolute atomic E-state index is 10.7. The Morgan fingerprint density at radius 1 is 1.32 bits per heavy atom. The summed E-state index contributed by atoms with van der Waals surface area (Å²) in [4.78, 5) is 19.4. The van der Waals surface area contributed by atoms with Crippen LogP contribution in [0.5, 0.6) is 5.75 Å². The van der Waals surface area contributed by atoms with Gasteiger partial charge in [0.15, 0.2) is 0 Å². The van der Waals surface area contributed by atoms with E-state index in [2.05, 4.69) is 9.97 Å². The van der Waals surface area contributed by atoms with Crippen molar-refractivity contribution in [2.45, 2.75) is 6.61 Å². The van der Waals surface area contributed by atoms with Gasteiger partial charge in [-0.25, -0.2) is 9.78 Å². The van der Waals surface area contributed by atoms with Crippen LogP contribution in [-0.4, -0.2) is 23.2 Å². The van der Waals surface area contributed by atoms with Gasteiger partial charge in [0.2, 0.25) is 0 Å². The Hall–Kier alpha value is -2.67. The zero-order valence-corrected chi connectivity index (χ0v) is 12.6. The van der Waals surface area contributed by atoms with Gasteiger partial charge in [-0.3, -0.25) is 4.98 Å². The Kier molecular flexibility index (Phi) is 3.88. The third kappa shape index (κ3) is 2.99. The number of pyridine rings is 1. The number of carbonyl (C=O) groups is 1. The molecule has 0 radical (unpaired) electrons.